The van der Waals surface area contributed by atoms with Gasteiger partial charge in [-0.15, -0.1) is 0 Å². The number of ether oxygens (including phenoxy) is 3. The molecule has 122 valence electrons. The summed E-state index contributed by atoms with van der Waals surface area (Å²) in [6.45, 7) is 2.11. The van der Waals surface area contributed by atoms with Crippen molar-refractivity contribution in [2.45, 2.75) is 19.8 Å². The second-order valence-electron chi connectivity index (χ2n) is 5.07. The Balaban J connectivity index is 2.35. The lowest BCUT2D eigenvalue weighted by Gasteiger charge is -2.16. The number of hydrogen-bond acceptors (Lipinski definition) is 4. The number of amides is 1. The number of primary amides is 1. The number of aryl methyl sites for hydroxylation is 1. The predicted octanol–water partition coefficient (Wildman–Crippen LogP) is 3.55. The molecule has 2 aromatic rings. The normalized spacial score (nSPS) is 10.2. The van der Waals surface area contributed by atoms with Crippen molar-refractivity contribution in [1.29, 1.82) is 0 Å². The largest absolute Gasteiger partial charge is 0.493 e. The van der Waals surface area contributed by atoms with E-state index in [4.69, 9.17) is 19.9 Å². The molecule has 0 heterocycles. The Morgan fingerprint density at radius 2 is 1.61 bits per heavy atom. The van der Waals surface area contributed by atoms with E-state index in [-0.39, 0.29) is 0 Å². The first kappa shape index (κ1) is 16.7. The fraction of sp³-hybridized carbons (Fsp3) is 0.278. The molecule has 5 heteroatoms. The average molecular weight is 315 g/mol. The zero-order valence-corrected chi connectivity index (χ0v) is 13.6. The van der Waals surface area contributed by atoms with Crippen LogP contribution >= 0.6 is 0 Å². The van der Waals surface area contributed by atoms with E-state index in [0.29, 0.717) is 28.6 Å². The molecule has 0 saturated carbocycles. The number of benzene rings is 2. The first-order chi connectivity index (χ1) is 11.1. The van der Waals surface area contributed by atoms with Gasteiger partial charge in [0.05, 0.1) is 14.2 Å². The van der Waals surface area contributed by atoms with Crippen molar-refractivity contribution in [3.63, 3.8) is 0 Å². The Hall–Kier alpha value is -2.69. The topological polar surface area (TPSA) is 70.8 Å². The van der Waals surface area contributed by atoms with Gasteiger partial charge in [-0.25, -0.2) is 0 Å². The Morgan fingerprint density at radius 3 is 2.04 bits per heavy atom. The molecule has 0 aliphatic heterocycles. The smallest absolute Gasteiger partial charge is 0.248 e. The lowest BCUT2D eigenvalue weighted by molar-refractivity contribution is 0.100. The first-order valence-electron chi connectivity index (χ1n) is 7.41. The van der Waals surface area contributed by atoms with E-state index in [1.807, 2.05) is 12.1 Å². The van der Waals surface area contributed by atoms with Gasteiger partial charge in [0, 0.05) is 5.56 Å². The SMILES string of the molecule is CCCc1cc(OC)c(Oc2ccc(C(N)=O)cc2)c(OC)c1. The fourth-order valence-corrected chi connectivity index (χ4v) is 2.27. The summed E-state index contributed by atoms with van der Waals surface area (Å²) in [5.41, 5.74) is 6.78. The lowest BCUT2D eigenvalue weighted by Crippen LogP contribution is -2.10. The van der Waals surface area contributed by atoms with E-state index in [2.05, 4.69) is 6.92 Å². The molecule has 1 amide bonds. The molecule has 0 atom stereocenters. The summed E-state index contributed by atoms with van der Waals surface area (Å²) in [5, 5.41) is 0. The van der Waals surface area contributed by atoms with E-state index >= 15 is 0 Å². The first-order valence-corrected chi connectivity index (χ1v) is 7.41. The zero-order chi connectivity index (χ0) is 16.8. The van der Waals surface area contributed by atoms with Crippen molar-refractivity contribution >= 4 is 5.91 Å². The maximum Gasteiger partial charge on any atom is 0.248 e. The Labute approximate surface area is 136 Å². The van der Waals surface area contributed by atoms with Gasteiger partial charge in [-0.2, -0.15) is 0 Å². The third-order valence-electron chi connectivity index (χ3n) is 3.42. The molecule has 5 nitrogen and oxygen atoms in total. The van der Waals surface area contributed by atoms with Crippen LogP contribution in [-0.4, -0.2) is 20.1 Å². The van der Waals surface area contributed by atoms with Gasteiger partial charge >= 0.3 is 0 Å². The highest BCUT2D eigenvalue weighted by Crippen LogP contribution is 2.41. The van der Waals surface area contributed by atoms with Gasteiger partial charge < -0.3 is 19.9 Å². The van der Waals surface area contributed by atoms with Crippen LogP contribution in [-0.2, 0) is 6.42 Å². The molecule has 2 rings (SSSR count). The van der Waals surface area contributed by atoms with E-state index in [9.17, 15) is 4.79 Å². The van der Waals surface area contributed by atoms with Crippen LogP contribution in [0.25, 0.3) is 0 Å². The highest BCUT2D eigenvalue weighted by Gasteiger charge is 2.15. The zero-order valence-electron chi connectivity index (χ0n) is 13.6. The minimum Gasteiger partial charge on any atom is -0.493 e. The molecule has 0 aromatic heterocycles. The molecule has 2 aromatic carbocycles. The minimum atomic E-state index is -0.476. The molecule has 0 saturated heterocycles. The summed E-state index contributed by atoms with van der Waals surface area (Å²) in [7, 11) is 3.18. The molecule has 0 bridgehead atoms. The van der Waals surface area contributed by atoms with Crippen LogP contribution < -0.4 is 19.9 Å². The molecular formula is C18H21NO4. The van der Waals surface area contributed by atoms with Crippen molar-refractivity contribution < 1.29 is 19.0 Å². The third-order valence-corrected chi connectivity index (χ3v) is 3.42. The van der Waals surface area contributed by atoms with Gasteiger partial charge in [0.2, 0.25) is 11.7 Å². The highest BCUT2D eigenvalue weighted by atomic mass is 16.5. The van der Waals surface area contributed by atoms with Gasteiger partial charge in [0.25, 0.3) is 0 Å². The average Bonchev–Trinajstić information content (AvgIpc) is 2.56. The summed E-state index contributed by atoms with van der Waals surface area (Å²) in [5.74, 6) is 1.80. The van der Waals surface area contributed by atoms with Crippen molar-refractivity contribution in [2.75, 3.05) is 14.2 Å². The quantitative estimate of drug-likeness (QED) is 0.848. The van der Waals surface area contributed by atoms with E-state index in [1.165, 1.54) is 0 Å². The van der Waals surface area contributed by atoms with Crippen molar-refractivity contribution in [2.24, 2.45) is 5.73 Å². The number of carbonyl (C=O) groups is 1. The van der Waals surface area contributed by atoms with Crippen molar-refractivity contribution in [3.8, 4) is 23.0 Å². The van der Waals surface area contributed by atoms with Gasteiger partial charge in [-0.05, 0) is 48.4 Å². The van der Waals surface area contributed by atoms with Crippen LogP contribution in [0.15, 0.2) is 36.4 Å². The standard InChI is InChI=1S/C18H21NO4/c1-4-5-12-10-15(21-2)17(16(11-12)22-3)23-14-8-6-13(7-9-14)18(19)20/h6-11H,4-5H2,1-3H3,(H2,19,20). The number of hydrogen-bond donors (Lipinski definition) is 1. The summed E-state index contributed by atoms with van der Waals surface area (Å²) in [6.07, 6.45) is 1.96. The minimum absolute atomic E-state index is 0.426. The Morgan fingerprint density at radius 1 is 1.04 bits per heavy atom. The molecule has 0 fully saturated rings. The molecule has 0 aliphatic rings. The van der Waals surface area contributed by atoms with Gasteiger partial charge in [-0.3, -0.25) is 4.79 Å². The summed E-state index contributed by atoms with van der Waals surface area (Å²) in [6, 6.07) is 10.5. The molecule has 23 heavy (non-hydrogen) atoms. The third kappa shape index (κ3) is 3.94. The second-order valence-corrected chi connectivity index (χ2v) is 5.07. The lowest BCUT2D eigenvalue weighted by atomic mass is 10.1. The van der Waals surface area contributed by atoms with Crippen molar-refractivity contribution in [1.82, 2.24) is 0 Å². The summed E-state index contributed by atoms with van der Waals surface area (Å²) in [4.78, 5) is 11.1. The maximum atomic E-state index is 11.1. The molecular weight excluding hydrogens is 294 g/mol. The van der Waals surface area contributed by atoms with Crippen LogP contribution in [0, 0.1) is 0 Å². The highest BCUT2D eigenvalue weighted by molar-refractivity contribution is 5.92. The maximum absolute atomic E-state index is 11.1. The summed E-state index contributed by atoms with van der Waals surface area (Å²) < 4.78 is 16.7. The molecule has 0 aliphatic carbocycles. The Kier molecular flexibility index (Phi) is 5.46. The molecule has 0 spiro atoms. The number of rotatable bonds is 7. The van der Waals surface area contributed by atoms with Crippen LogP contribution in [0.2, 0.25) is 0 Å². The molecule has 0 radical (unpaired) electrons. The van der Waals surface area contributed by atoms with E-state index in [1.54, 1.807) is 38.5 Å². The van der Waals surface area contributed by atoms with Crippen LogP contribution in [0.1, 0.15) is 29.3 Å². The number of methoxy groups -OCH3 is 2. The second kappa shape index (κ2) is 7.54. The molecule has 2 N–H and O–H groups in total. The number of carbonyl (C=O) groups excluding carboxylic acids is 1. The Bertz CT molecular complexity index is 655. The molecule has 0 unspecified atom stereocenters. The van der Waals surface area contributed by atoms with Crippen LogP contribution in [0.3, 0.4) is 0 Å². The van der Waals surface area contributed by atoms with Crippen LogP contribution in [0.5, 0.6) is 23.0 Å². The van der Waals surface area contributed by atoms with Gasteiger partial charge in [0.1, 0.15) is 5.75 Å². The van der Waals surface area contributed by atoms with E-state index < -0.39 is 5.91 Å². The van der Waals surface area contributed by atoms with E-state index in [0.717, 1.165) is 18.4 Å². The number of nitrogens with two attached hydrogens (primary N) is 1. The van der Waals surface area contributed by atoms with Crippen molar-refractivity contribution in [3.05, 3.63) is 47.5 Å². The van der Waals surface area contributed by atoms with Gasteiger partial charge in [0.15, 0.2) is 11.5 Å². The van der Waals surface area contributed by atoms with Crippen LogP contribution in [0.4, 0.5) is 0 Å². The predicted molar refractivity (Wildman–Crippen MR) is 88.6 cm³/mol. The van der Waals surface area contributed by atoms with Gasteiger partial charge in [-0.1, -0.05) is 13.3 Å². The monoisotopic (exact) mass is 315 g/mol. The summed E-state index contributed by atoms with van der Waals surface area (Å²) >= 11 is 0. The fourth-order valence-electron chi connectivity index (χ4n) is 2.27.